The van der Waals surface area contributed by atoms with Crippen LogP contribution < -0.4 is 0 Å². The molecule has 0 saturated carbocycles. The second-order valence-corrected chi connectivity index (χ2v) is 18.5. The molecular formula is C57H96O12. The van der Waals surface area contributed by atoms with Gasteiger partial charge in [0.25, 0.3) is 0 Å². The third-order valence-corrected chi connectivity index (χ3v) is 12.1. The number of hydrogen-bond acceptors (Lipinski definition) is 11. The lowest BCUT2D eigenvalue weighted by Gasteiger charge is -2.40. The molecule has 1 fully saturated rings. The molecule has 6 unspecified atom stereocenters. The van der Waals surface area contributed by atoms with Crippen molar-refractivity contribution in [2.45, 2.75) is 263 Å². The molecule has 1 aliphatic heterocycles. The van der Waals surface area contributed by atoms with Crippen LogP contribution in [-0.2, 0) is 42.9 Å². The van der Waals surface area contributed by atoms with Crippen LogP contribution in [0.3, 0.4) is 0 Å². The number of rotatable bonds is 45. The quantitative estimate of drug-likeness (QED) is 0.0228. The van der Waals surface area contributed by atoms with E-state index in [-0.39, 0.29) is 25.9 Å². The fourth-order valence-electron chi connectivity index (χ4n) is 7.92. The van der Waals surface area contributed by atoms with Crippen molar-refractivity contribution < 1.29 is 58.2 Å². The van der Waals surface area contributed by atoms with Gasteiger partial charge >= 0.3 is 23.9 Å². The molecule has 0 aromatic heterocycles. The molecule has 1 rings (SSSR count). The summed E-state index contributed by atoms with van der Waals surface area (Å²) in [7, 11) is 0. The minimum atomic E-state index is -1.90. The summed E-state index contributed by atoms with van der Waals surface area (Å²) in [6.45, 7) is 5.79. The van der Waals surface area contributed by atoms with Gasteiger partial charge in [-0.25, -0.2) is 4.79 Å². The van der Waals surface area contributed by atoms with Gasteiger partial charge in [0.15, 0.2) is 24.6 Å². The molecule has 6 atom stereocenters. The Bertz CT molecular complexity index is 1440. The number of unbranched alkanes of at least 4 members (excludes halogenated alkanes) is 21. The monoisotopic (exact) mass is 973 g/mol. The number of aliphatic carboxylic acids is 1. The van der Waals surface area contributed by atoms with Gasteiger partial charge in [-0.2, -0.15) is 0 Å². The fraction of sp³-hybridized carbons (Fsp3) is 0.754. The Morgan fingerprint density at radius 2 is 0.913 bits per heavy atom. The number of aliphatic hydroxyl groups is 2. The van der Waals surface area contributed by atoms with E-state index >= 15 is 0 Å². The smallest absolute Gasteiger partial charge is 0.335 e. The van der Waals surface area contributed by atoms with E-state index in [1.54, 1.807) is 0 Å². The third-order valence-electron chi connectivity index (χ3n) is 12.1. The van der Waals surface area contributed by atoms with Gasteiger partial charge in [0, 0.05) is 19.3 Å². The first kappa shape index (κ1) is 63.4. The molecule has 396 valence electrons. The normalized spacial score (nSPS) is 19.1. The van der Waals surface area contributed by atoms with Gasteiger partial charge in [0.2, 0.25) is 0 Å². The minimum absolute atomic E-state index is 0.0584. The molecule has 0 aromatic carbocycles. The van der Waals surface area contributed by atoms with Gasteiger partial charge in [-0.05, 0) is 64.2 Å². The molecule has 1 saturated heterocycles. The van der Waals surface area contributed by atoms with Crippen molar-refractivity contribution in [1.82, 2.24) is 0 Å². The second-order valence-electron chi connectivity index (χ2n) is 18.5. The Labute approximate surface area is 417 Å². The average Bonchev–Trinajstić information content (AvgIpc) is 3.33. The van der Waals surface area contributed by atoms with Crippen LogP contribution in [0.1, 0.15) is 226 Å². The van der Waals surface area contributed by atoms with E-state index in [1.807, 2.05) is 0 Å². The number of esters is 3. The molecule has 1 aliphatic rings. The number of carbonyl (C=O) groups excluding carboxylic acids is 3. The summed E-state index contributed by atoms with van der Waals surface area (Å²) in [5.41, 5.74) is 0. The lowest BCUT2D eigenvalue weighted by molar-refractivity contribution is -0.301. The predicted molar refractivity (Wildman–Crippen MR) is 275 cm³/mol. The van der Waals surface area contributed by atoms with Crippen LogP contribution >= 0.6 is 0 Å². The van der Waals surface area contributed by atoms with Crippen molar-refractivity contribution in [2.24, 2.45) is 0 Å². The van der Waals surface area contributed by atoms with Gasteiger partial charge in [-0.1, -0.05) is 204 Å². The molecule has 69 heavy (non-hydrogen) atoms. The highest BCUT2D eigenvalue weighted by atomic mass is 16.7. The molecule has 12 heteroatoms. The SMILES string of the molecule is CC/C=C\C/C=C\C/C=C\C/C=C\C/C=C\CCCCCC(=O)OCC(COC1OC(C(=O)O)C(O)C(O)C1OC(=O)CCCCCCCCCCC)OC(=O)CCCCCCCCCCCCC. The van der Waals surface area contributed by atoms with Crippen molar-refractivity contribution in [1.29, 1.82) is 0 Å². The molecule has 0 aliphatic carbocycles. The Morgan fingerprint density at radius 3 is 1.39 bits per heavy atom. The van der Waals surface area contributed by atoms with Crippen LogP contribution in [0.15, 0.2) is 60.8 Å². The van der Waals surface area contributed by atoms with Gasteiger partial charge in [-0.3, -0.25) is 14.4 Å². The van der Waals surface area contributed by atoms with Crippen molar-refractivity contribution in [2.75, 3.05) is 13.2 Å². The topological polar surface area (TPSA) is 175 Å². The summed E-state index contributed by atoms with van der Waals surface area (Å²) in [6, 6.07) is 0. The number of ether oxygens (including phenoxy) is 5. The highest BCUT2D eigenvalue weighted by molar-refractivity contribution is 5.74. The van der Waals surface area contributed by atoms with Crippen molar-refractivity contribution in [3.63, 3.8) is 0 Å². The van der Waals surface area contributed by atoms with Crippen molar-refractivity contribution in [3.05, 3.63) is 60.8 Å². The summed E-state index contributed by atoms with van der Waals surface area (Å²) < 4.78 is 28.2. The first-order valence-electron chi connectivity index (χ1n) is 27.3. The van der Waals surface area contributed by atoms with Crippen molar-refractivity contribution in [3.8, 4) is 0 Å². The molecule has 0 radical (unpaired) electrons. The number of carboxylic acids is 1. The summed E-state index contributed by atoms with van der Waals surface area (Å²) in [6.07, 6.45) is 42.2. The highest BCUT2D eigenvalue weighted by Gasteiger charge is 2.50. The van der Waals surface area contributed by atoms with Crippen LogP contribution in [0.4, 0.5) is 0 Å². The van der Waals surface area contributed by atoms with Crippen LogP contribution in [0, 0.1) is 0 Å². The Morgan fingerprint density at radius 1 is 0.493 bits per heavy atom. The standard InChI is InChI=1S/C57H96O12/c1-4-7-10-13-16-19-21-22-23-24-25-26-27-28-30-32-34-37-40-43-49(58)65-46-48(67-50(59)44-41-38-36-33-29-20-17-14-11-8-5-2)47-66-57-55(53(62)52(61)54(69-57)56(63)64)68-51(60)45-42-39-35-31-18-15-12-9-6-3/h7,10,16,19,22-23,25-26,28,30,48,52-55,57,61-62H,4-6,8-9,11-15,17-18,20-21,24,27,29,31-47H2,1-3H3,(H,63,64)/b10-7-,19-16-,23-22-,26-25-,30-28-. The molecule has 1 heterocycles. The van der Waals surface area contributed by atoms with Gasteiger partial charge < -0.3 is 39.0 Å². The maximum Gasteiger partial charge on any atom is 0.335 e. The zero-order valence-corrected chi connectivity index (χ0v) is 43.3. The van der Waals surface area contributed by atoms with Gasteiger partial charge in [0.1, 0.15) is 18.8 Å². The lowest BCUT2D eigenvalue weighted by Crippen LogP contribution is -2.61. The molecule has 0 amide bonds. The van der Waals surface area contributed by atoms with Gasteiger partial charge in [-0.15, -0.1) is 0 Å². The molecular weight excluding hydrogens is 877 g/mol. The van der Waals surface area contributed by atoms with Crippen molar-refractivity contribution >= 4 is 23.9 Å². The number of aliphatic hydroxyl groups excluding tert-OH is 2. The molecule has 0 aromatic rings. The minimum Gasteiger partial charge on any atom is -0.479 e. The van der Waals surface area contributed by atoms with Crippen LogP contribution in [0.25, 0.3) is 0 Å². The first-order chi connectivity index (χ1) is 33.6. The summed E-state index contributed by atoms with van der Waals surface area (Å²) in [5.74, 6) is -3.16. The Hall–Kier alpha value is -3.58. The predicted octanol–water partition coefficient (Wildman–Crippen LogP) is 13.2. The number of allylic oxidation sites excluding steroid dienone is 10. The highest BCUT2D eigenvalue weighted by Crippen LogP contribution is 2.26. The largest absolute Gasteiger partial charge is 0.479 e. The first-order valence-corrected chi connectivity index (χ1v) is 27.3. The van der Waals surface area contributed by atoms with Crippen LogP contribution in [0.5, 0.6) is 0 Å². The summed E-state index contributed by atoms with van der Waals surface area (Å²) in [4.78, 5) is 50.8. The fourth-order valence-corrected chi connectivity index (χ4v) is 7.92. The molecule has 0 bridgehead atoms. The molecule has 12 nitrogen and oxygen atoms in total. The number of carbonyl (C=O) groups is 4. The number of carboxylic acid groups (broad SMARTS) is 1. The number of hydrogen-bond donors (Lipinski definition) is 3. The zero-order valence-electron chi connectivity index (χ0n) is 43.3. The van der Waals surface area contributed by atoms with E-state index in [0.29, 0.717) is 19.3 Å². The van der Waals surface area contributed by atoms with Gasteiger partial charge in [0.05, 0.1) is 6.61 Å². The van der Waals surface area contributed by atoms with Crippen LogP contribution in [-0.4, -0.2) is 89.2 Å². The van der Waals surface area contributed by atoms with Crippen LogP contribution in [0.2, 0.25) is 0 Å². The third kappa shape index (κ3) is 36.1. The summed E-state index contributed by atoms with van der Waals surface area (Å²) in [5, 5.41) is 31.3. The maximum absolute atomic E-state index is 13.1. The molecule has 3 N–H and O–H groups in total. The average molecular weight is 973 g/mol. The zero-order chi connectivity index (χ0) is 50.4. The van der Waals surface area contributed by atoms with E-state index < -0.39 is 67.3 Å². The molecule has 0 spiro atoms. The van der Waals surface area contributed by atoms with E-state index in [9.17, 15) is 34.5 Å². The Balaban J connectivity index is 2.70. The Kier molecular flexibility index (Phi) is 41.9. The van der Waals surface area contributed by atoms with E-state index in [4.69, 9.17) is 23.7 Å². The lowest BCUT2D eigenvalue weighted by atomic mass is 9.98. The van der Waals surface area contributed by atoms with E-state index in [2.05, 4.69) is 81.5 Å². The maximum atomic E-state index is 13.1. The second kappa shape index (κ2) is 45.6. The van der Waals surface area contributed by atoms with E-state index in [1.165, 1.54) is 70.6 Å². The van der Waals surface area contributed by atoms with E-state index in [0.717, 1.165) is 96.3 Å². The summed E-state index contributed by atoms with van der Waals surface area (Å²) >= 11 is 0.